The van der Waals surface area contributed by atoms with Crippen LogP contribution in [0.2, 0.25) is 10.0 Å². The first-order valence-electron chi connectivity index (χ1n) is 7.69. The van der Waals surface area contributed by atoms with Gasteiger partial charge >= 0.3 is 17.8 Å². The fraction of sp³-hybridized carbons (Fsp3) is 0.235. The van der Waals surface area contributed by atoms with Crippen molar-refractivity contribution >= 4 is 52.4 Å². The van der Waals surface area contributed by atoms with Gasteiger partial charge in [0.05, 0.1) is 23.3 Å². The number of nitrogens with zero attached hydrogens (tertiary/aromatic N) is 3. The minimum Gasteiger partial charge on any atom is -0.284 e. The van der Waals surface area contributed by atoms with E-state index in [0.717, 1.165) is 20.2 Å². The van der Waals surface area contributed by atoms with Crippen LogP contribution in [-0.4, -0.2) is 46.3 Å². The molecule has 4 amide bonds. The third kappa shape index (κ3) is 3.76. The highest BCUT2D eigenvalue weighted by Crippen LogP contribution is 2.26. The quantitative estimate of drug-likeness (QED) is 0.539. The molecular weight excluding hydrogens is 397 g/mol. The van der Waals surface area contributed by atoms with Crippen molar-refractivity contribution in [3.05, 3.63) is 56.2 Å². The molecule has 3 rings (SSSR count). The van der Waals surface area contributed by atoms with Crippen molar-refractivity contribution in [3.8, 4) is 0 Å². The van der Waals surface area contributed by atoms with Gasteiger partial charge < -0.3 is 0 Å². The number of rotatable bonds is 6. The summed E-state index contributed by atoms with van der Waals surface area (Å²) in [4.78, 5) is 41.3. The molecule has 1 aliphatic rings. The lowest BCUT2D eigenvalue weighted by molar-refractivity contribution is -0.144. The number of hydrogen-bond acceptors (Lipinski definition) is 5. The minimum atomic E-state index is -0.824. The largest absolute Gasteiger partial charge is 0.335 e. The van der Waals surface area contributed by atoms with Gasteiger partial charge in [-0.2, -0.15) is 0 Å². The molecule has 0 atom stereocenters. The summed E-state index contributed by atoms with van der Waals surface area (Å²) >= 11 is 13.6. The maximum atomic E-state index is 12.5. The first kappa shape index (κ1) is 18.8. The average molecular weight is 412 g/mol. The average Bonchev–Trinajstić information content (AvgIpc) is 3.18. The van der Waals surface area contributed by atoms with Crippen molar-refractivity contribution in [1.82, 2.24) is 14.7 Å². The van der Waals surface area contributed by atoms with Crippen LogP contribution in [0.3, 0.4) is 0 Å². The molecule has 6 nitrogen and oxygen atoms in total. The van der Waals surface area contributed by atoms with Gasteiger partial charge in [-0.1, -0.05) is 41.4 Å². The summed E-state index contributed by atoms with van der Waals surface area (Å²) in [6, 6.07) is 8.29. The van der Waals surface area contributed by atoms with Crippen LogP contribution in [0.1, 0.15) is 10.4 Å². The number of carbonyl (C=O) groups excluding carboxylic acids is 3. The molecule has 0 radical (unpaired) electrons. The van der Waals surface area contributed by atoms with Crippen molar-refractivity contribution in [1.29, 1.82) is 0 Å². The summed E-state index contributed by atoms with van der Waals surface area (Å²) in [5.74, 6) is -1.63. The zero-order valence-electron chi connectivity index (χ0n) is 13.8. The molecule has 0 unspecified atom stereocenters. The van der Waals surface area contributed by atoms with Crippen LogP contribution >= 0.6 is 34.5 Å². The van der Waals surface area contributed by atoms with Crippen LogP contribution in [0.15, 0.2) is 35.7 Å². The van der Waals surface area contributed by atoms with Crippen LogP contribution in [0, 0.1) is 0 Å². The summed E-state index contributed by atoms with van der Waals surface area (Å²) < 4.78 is 0. The van der Waals surface area contributed by atoms with Gasteiger partial charge in [0.25, 0.3) is 0 Å². The number of carbonyl (C=O) groups is 3. The molecule has 2 heterocycles. The van der Waals surface area contributed by atoms with Crippen LogP contribution in [0.4, 0.5) is 4.79 Å². The summed E-state index contributed by atoms with van der Waals surface area (Å²) in [7, 11) is 1.73. The number of benzene rings is 1. The number of thiophene rings is 1. The van der Waals surface area contributed by atoms with Gasteiger partial charge in [0, 0.05) is 11.4 Å². The summed E-state index contributed by atoms with van der Waals surface area (Å²) in [6.45, 7) is 0.449. The highest BCUT2D eigenvalue weighted by atomic mass is 35.5. The van der Waals surface area contributed by atoms with Gasteiger partial charge in [-0.25, -0.2) is 9.69 Å². The molecule has 1 aliphatic heterocycles. The Balaban J connectivity index is 1.68. The third-order valence-corrected chi connectivity index (χ3v) is 5.60. The Labute approximate surface area is 164 Å². The van der Waals surface area contributed by atoms with E-state index in [1.165, 1.54) is 11.3 Å². The highest BCUT2D eigenvalue weighted by molar-refractivity contribution is 7.09. The molecule has 1 aromatic heterocycles. The number of hydrogen-bond donors (Lipinski definition) is 0. The molecule has 0 aliphatic carbocycles. The summed E-state index contributed by atoms with van der Waals surface area (Å²) in [6.07, 6.45) is 0. The van der Waals surface area contributed by atoms with Crippen molar-refractivity contribution in [2.45, 2.75) is 13.1 Å². The molecule has 1 fully saturated rings. The molecule has 26 heavy (non-hydrogen) atoms. The normalized spacial score (nSPS) is 14.8. The molecule has 1 aromatic carbocycles. The van der Waals surface area contributed by atoms with Crippen LogP contribution in [0.25, 0.3) is 0 Å². The topological polar surface area (TPSA) is 60.9 Å². The molecule has 0 N–H and O–H groups in total. The predicted octanol–water partition coefficient (Wildman–Crippen LogP) is 3.44. The SMILES string of the molecule is CN(Cc1cccc(Cl)c1Cl)CN1C(=O)C(=O)N(Cc2cccs2)C1=O. The highest BCUT2D eigenvalue weighted by Gasteiger charge is 2.44. The van der Waals surface area contributed by atoms with E-state index in [1.807, 2.05) is 23.6 Å². The maximum absolute atomic E-state index is 12.5. The van der Waals surface area contributed by atoms with E-state index in [4.69, 9.17) is 23.2 Å². The molecule has 136 valence electrons. The van der Waals surface area contributed by atoms with E-state index in [1.54, 1.807) is 24.1 Å². The Hall–Kier alpha value is -1.93. The Kier molecular flexibility index (Phi) is 5.62. The number of amides is 4. The lowest BCUT2D eigenvalue weighted by Crippen LogP contribution is -2.40. The molecule has 9 heteroatoms. The number of urea groups is 1. The Morgan fingerprint density at radius 1 is 1.04 bits per heavy atom. The van der Waals surface area contributed by atoms with E-state index in [2.05, 4.69) is 0 Å². The lowest BCUT2D eigenvalue weighted by atomic mass is 10.2. The molecule has 0 bridgehead atoms. The van der Waals surface area contributed by atoms with Crippen molar-refractivity contribution in [2.24, 2.45) is 0 Å². The number of imide groups is 2. The number of halogens is 2. The molecule has 2 aromatic rings. The van der Waals surface area contributed by atoms with Crippen LogP contribution in [0.5, 0.6) is 0 Å². The summed E-state index contributed by atoms with van der Waals surface area (Å²) in [5, 5.41) is 2.71. The molecule has 1 saturated heterocycles. The van der Waals surface area contributed by atoms with Gasteiger partial charge in [0.1, 0.15) is 0 Å². The van der Waals surface area contributed by atoms with Crippen molar-refractivity contribution in [3.63, 3.8) is 0 Å². The Bertz CT molecular complexity index is 857. The van der Waals surface area contributed by atoms with E-state index in [0.29, 0.717) is 16.6 Å². The van der Waals surface area contributed by atoms with Gasteiger partial charge in [-0.05, 0) is 30.1 Å². The fourth-order valence-corrected chi connectivity index (χ4v) is 3.70. The standard InChI is InChI=1S/C17H15Cl2N3O3S/c1-20(8-11-4-2-6-13(18)14(11)19)10-22-16(24)15(23)21(17(22)25)9-12-5-3-7-26-12/h2-7H,8-10H2,1H3. The fourth-order valence-electron chi connectivity index (χ4n) is 2.63. The second-order valence-electron chi connectivity index (χ2n) is 5.85. The van der Waals surface area contributed by atoms with Crippen molar-refractivity contribution in [2.75, 3.05) is 13.7 Å². The van der Waals surface area contributed by atoms with E-state index < -0.39 is 17.8 Å². The van der Waals surface area contributed by atoms with Crippen LogP contribution in [-0.2, 0) is 22.7 Å². The second kappa shape index (κ2) is 7.75. The van der Waals surface area contributed by atoms with E-state index in [9.17, 15) is 14.4 Å². The van der Waals surface area contributed by atoms with Gasteiger partial charge in [0.15, 0.2) is 0 Å². The Morgan fingerprint density at radius 3 is 2.46 bits per heavy atom. The molecule has 0 saturated carbocycles. The smallest absolute Gasteiger partial charge is 0.284 e. The van der Waals surface area contributed by atoms with Crippen LogP contribution < -0.4 is 0 Å². The second-order valence-corrected chi connectivity index (χ2v) is 7.67. The summed E-state index contributed by atoms with van der Waals surface area (Å²) in [5.41, 5.74) is 0.766. The third-order valence-electron chi connectivity index (χ3n) is 3.88. The lowest BCUT2D eigenvalue weighted by Gasteiger charge is -2.23. The Morgan fingerprint density at radius 2 is 1.77 bits per heavy atom. The van der Waals surface area contributed by atoms with Gasteiger partial charge in [0.2, 0.25) is 0 Å². The van der Waals surface area contributed by atoms with E-state index >= 15 is 0 Å². The monoisotopic (exact) mass is 411 g/mol. The minimum absolute atomic E-state index is 0.0206. The zero-order valence-corrected chi connectivity index (χ0v) is 16.1. The molecule has 0 spiro atoms. The van der Waals surface area contributed by atoms with Crippen molar-refractivity contribution < 1.29 is 14.4 Å². The van der Waals surface area contributed by atoms with Gasteiger partial charge in [-0.15, -0.1) is 11.3 Å². The van der Waals surface area contributed by atoms with E-state index in [-0.39, 0.29) is 13.2 Å². The maximum Gasteiger partial charge on any atom is 0.335 e. The first-order chi connectivity index (χ1) is 12.4. The van der Waals surface area contributed by atoms with Gasteiger partial charge in [-0.3, -0.25) is 19.4 Å². The predicted molar refractivity (Wildman–Crippen MR) is 99.9 cm³/mol. The zero-order chi connectivity index (χ0) is 18.8. The first-order valence-corrected chi connectivity index (χ1v) is 9.33. The molecular formula is C17H15Cl2N3O3S.